The molecule has 0 atom stereocenters. The normalized spacial score (nSPS) is 11.3. The zero-order valence-corrected chi connectivity index (χ0v) is 18.4. The molecule has 0 spiro atoms. The number of esters is 1. The molecule has 3 aromatic rings. The molecular formula is C25H27NO3S. The molecule has 0 bridgehead atoms. The van der Waals surface area contributed by atoms with Gasteiger partial charge in [-0.2, -0.15) is 0 Å². The Hall–Kier alpha value is -2.92. The van der Waals surface area contributed by atoms with Gasteiger partial charge in [0.25, 0.3) is 0 Å². The number of anilines is 1. The quantitative estimate of drug-likeness (QED) is 0.252. The number of thiophene rings is 1. The number of unbranched alkanes of at least 4 members (excludes halogenated alkanes) is 1. The number of benzene rings is 2. The lowest BCUT2D eigenvalue weighted by Crippen LogP contribution is -2.12. The second kappa shape index (κ2) is 10.2. The lowest BCUT2D eigenvalue weighted by atomic mass is 10.0. The maximum absolute atomic E-state index is 12.7. The third-order valence-corrected chi connectivity index (χ3v) is 5.88. The third-order valence-electron chi connectivity index (χ3n) is 4.80. The van der Waals surface area contributed by atoms with Crippen LogP contribution in [0.15, 0.2) is 54.6 Å². The van der Waals surface area contributed by atoms with Gasteiger partial charge in [-0.25, -0.2) is 4.79 Å². The average molecular weight is 422 g/mol. The van der Waals surface area contributed by atoms with Crippen molar-refractivity contribution < 1.29 is 14.3 Å². The molecule has 0 aliphatic carbocycles. The van der Waals surface area contributed by atoms with E-state index in [2.05, 4.69) is 31.3 Å². The molecule has 0 unspecified atom stereocenters. The standard InChI is InChI=1S/C25H27NO3S/c1-4-5-16-29-25(28)23-20-8-6-7-9-21(20)30-24(23)26-22(27)15-12-18-10-13-19(14-11-18)17(2)3/h6-15,17H,4-5,16H2,1-3H3,(H,26,27). The van der Waals surface area contributed by atoms with Crippen LogP contribution < -0.4 is 5.32 Å². The summed E-state index contributed by atoms with van der Waals surface area (Å²) >= 11 is 1.38. The third kappa shape index (κ3) is 5.36. The van der Waals surface area contributed by atoms with Gasteiger partial charge in [0.1, 0.15) is 10.6 Å². The van der Waals surface area contributed by atoms with Crippen LogP contribution in [0.25, 0.3) is 16.2 Å². The van der Waals surface area contributed by atoms with Gasteiger partial charge >= 0.3 is 5.97 Å². The molecule has 156 valence electrons. The van der Waals surface area contributed by atoms with Crippen LogP contribution in [0.2, 0.25) is 0 Å². The van der Waals surface area contributed by atoms with Crippen LogP contribution >= 0.6 is 11.3 Å². The lowest BCUT2D eigenvalue weighted by molar-refractivity contribution is -0.111. The summed E-state index contributed by atoms with van der Waals surface area (Å²) in [5, 5.41) is 4.18. The number of rotatable bonds is 8. The van der Waals surface area contributed by atoms with Crippen molar-refractivity contribution in [3.8, 4) is 0 Å². The second-order valence-corrected chi connectivity index (χ2v) is 8.49. The Morgan fingerprint density at radius 1 is 1.10 bits per heavy atom. The largest absolute Gasteiger partial charge is 0.462 e. The zero-order chi connectivity index (χ0) is 21.5. The Morgan fingerprint density at radius 3 is 2.53 bits per heavy atom. The predicted molar refractivity (Wildman–Crippen MR) is 125 cm³/mol. The number of ether oxygens (including phenoxy) is 1. The summed E-state index contributed by atoms with van der Waals surface area (Å²) in [6.45, 7) is 6.71. The van der Waals surface area contributed by atoms with Gasteiger partial charge in [0.05, 0.1) is 6.61 Å². The van der Waals surface area contributed by atoms with Crippen molar-refractivity contribution in [3.63, 3.8) is 0 Å². The number of amides is 1. The van der Waals surface area contributed by atoms with Gasteiger partial charge < -0.3 is 10.1 Å². The zero-order valence-electron chi connectivity index (χ0n) is 17.6. The molecule has 3 rings (SSSR count). The number of carbonyl (C=O) groups is 2. The van der Waals surface area contributed by atoms with E-state index < -0.39 is 5.97 Å². The number of nitrogens with one attached hydrogen (secondary N) is 1. The summed E-state index contributed by atoms with van der Waals surface area (Å²) in [6, 6.07) is 15.7. The number of carbonyl (C=O) groups excluding carboxylic acids is 2. The van der Waals surface area contributed by atoms with Crippen molar-refractivity contribution in [1.29, 1.82) is 0 Å². The van der Waals surface area contributed by atoms with Gasteiger partial charge in [0, 0.05) is 16.2 Å². The summed E-state index contributed by atoms with van der Waals surface area (Å²) in [4.78, 5) is 25.2. The van der Waals surface area contributed by atoms with Gasteiger partial charge in [0.2, 0.25) is 5.91 Å². The van der Waals surface area contributed by atoms with Gasteiger partial charge in [-0.15, -0.1) is 11.3 Å². The van der Waals surface area contributed by atoms with Crippen LogP contribution in [0.5, 0.6) is 0 Å². The first kappa shape index (κ1) is 21.8. The molecule has 0 aliphatic heterocycles. The molecule has 1 amide bonds. The van der Waals surface area contributed by atoms with Gasteiger partial charge in [-0.1, -0.05) is 69.7 Å². The highest BCUT2D eigenvalue weighted by Crippen LogP contribution is 2.36. The first-order chi connectivity index (χ1) is 14.5. The van der Waals surface area contributed by atoms with E-state index in [1.165, 1.54) is 23.0 Å². The summed E-state index contributed by atoms with van der Waals surface area (Å²) < 4.78 is 6.35. The predicted octanol–water partition coefficient (Wildman–Crippen LogP) is 6.63. The van der Waals surface area contributed by atoms with E-state index >= 15 is 0 Å². The van der Waals surface area contributed by atoms with Crippen LogP contribution in [0.4, 0.5) is 5.00 Å². The van der Waals surface area contributed by atoms with E-state index in [0.717, 1.165) is 28.5 Å². The van der Waals surface area contributed by atoms with E-state index in [-0.39, 0.29) is 5.91 Å². The van der Waals surface area contributed by atoms with Crippen LogP contribution in [0.3, 0.4) is 0 Å². The summed E-state index contributed by atoms with van der Waals surface area (Å²) in [6.07, 6.45) is 5.02. The van der Waals surface area contributed by atoms with E-state index in [0.29, 0.717) is 23.1 Å². The number of fused-ring (bicyclic) bond motifs is 1. The van der Waals surface area contributed by atoms with Crippen molar-refractivity contribution in [2.45, 2.75) is 39.5 Å². The summed E-state index contributed by atoms with van der Waals surface area (Å²) in [5.41, 5.74) is 2.63. The Kier molecular flexibility index (Phi) is 7.41. The van der Waals surface area contributed by atoms with Crippen molar-refractivity contribution in [1.82, 2.24) is 0 Å². The van der Waals surface area contributed by atoms with E-state index in [9.17, 15) is 9.59 Å². The number of hydrogen-bond donors (Lipinski definition) is 1. The molecule has 5 heteroatoms. The Bertz CT molecular complexity index is 1050. The fraction of sp³-hybridized carbons (Fsp3) is 0.280. The summed E-state index contributed by atoms with van der Waals surface area (Å²) in [7, 11) is 0. The minimum absolute atomic E-state index is 0.280. The topological polar surface area (TPSA) is 55.4 Å². The van der Waals surface area contributed by atoms with Crippen LogP contribution in [-0.2, 0) is 9.53 Å². The molecule has 0 aliphatic rings. The molecule has 0 radical (unpaired) electrons. The molecule has 4 nitrogen and oxygen atoms in total. The van der Waals surface area contributed by atoms with Crippen LogP contribution in [-0.4, -0.2) is 18.5 Å². The monoisotopic (exact) mass is 421 g/mol. The first-order valence-electron chi connectivity index (χ1n) is 10.3. The van der Waals surface area contributed by atoms with Crippen molar-refractivity contribution in [3.05, 3.63) is 71.3 Å². The fourth-order valence-corrected chi connectivity index (χ4v) is 4.13. The van der Waals surface area contributed by atoms with Crippen LogP contribution in [0, 0.1) is 0 Å². The lowest BCUT2D eigenvalue weighted by Gasteiger charge is -2.06. The highest BCUT2D eigenvalue weighted by molar-refractivity contribution is 7.23. The minimum atomic E-state index is -0.399. The maximum Gasteiger partial charge on any atom is 0.341 e. The fourth-order valence-electron chi connectivity index (χ4n) is 3.04. The molecule has 0 saturated heterocycles. The molecular weight excluding hydrogens is 394 g/mol. The Morgan fingerprint density at radius 2 is 1.83 bits per heavy atom. The first-order valence-corrected chi connectivity index (χ1v) is 11.1. The van der Waals surface area contributed by atoms with E-state index in [4.69, 9.17) is 4.74 Å². The highest BCUT2D eigenvalue weighted by Gasteiger charge is 2.21. The minimum Gasteiger partial charge on any atom is -0.462 e. The van der Waals surface area contributed by atoms with Crippen molar-refractivity contribution in [2.75, 3.05) is 11.9 Å². The molecule has 1 N–H and O–H groups in total. The van der Waals surface area contributed by atoms with E-state index in [1.54, 1.807) is 6.08 Å². The molecule has 1 aromatic heterocycles. The number of hydrogen-bond acceptors (Lipinski definition) is 4. The Labute approximate surface area is 181 Å². The molecule has 1 heterocycles. The maximum atomic E-state index is 12.7. The Balaban J connectivity index is 1.78. The highest BCUT2D eigenvalue weighted by atomic mass is 32.1. The molecule has 0 fully saturated rings. The SMILES string of the molecule is CCCCOC(=O)c1c(NC(=O)C=Cc2ccc(C(C)C)cc2)sc2ccccc12. The van der Waals surface area contributed by atoms with Gasteiger partial charge in [0.15, 0.2) is 0 Å². The van der Waals surface area contributed by atoms with Gasteiger partial charge in [-0.3, -0.25) is 4.79 Å². The van der Waals surface area contributed by atoms with Crippen molar-refractivity contribution >= 4 is 44.4 Å². The second-order valence-electron chi connectivity index (χ2n) is 7.44. The van der Waals surface area contributed by atoms with Crippen molar-refractivity contribution in [2.24, 2.45) is 0 Å². The molecule has 0 saturated carbocycles. The van der Waals surface area contributed by atoms with Gasteiger partial charge in [-0.05, 0) is 35.6 Å². The smallest absolute Gasteiger partial charge is 0.341 e. The average Bonchev–Trinajstić information content (AvgIpc) is 3.10. The van der Waals surface area contributed by atoms with Crippen LogP contribution in [0.1, 0.15) is 61.0 Å². The van der Waals surface area contributed by atoms with E-state index in [1.807, 2.05) is 43.3 Å². The molecule has 30 heavy (non-hydrogen) atoms. The summed E-state index contributed by atoms with van der Waals surface area (Å²) in [5.74, 6) is -0.212. The molecule has 2 aromatic carbocycles.